The molecule has 0 saturated carbocycles. The average Bonchev–Trinajstić information content (AvgIpc) is 2.50. The summed E-state index contributed by atoms with van der Waals surface area (Å²) in [6.07, 6.45) is 0. The SMILES string of the molecule is CCN(Cc1ccc(Br)cc1)C(=O)CN1CCN(C)C(=O)C1. The number of nitrogens with zero attached hydrogens (tertiary/aromatic N) is 3. The van der Waals surface area contributed by atoms with Gasteiger partial charge in [0.25, 0.3) is 0 Å². The molecule has 0 aliphatic carbocycles. The topological polar surface area (TPSA) is 43.9 Å². The number of likely N-dealkylation sites (N-methyl/N-ethyl adjacent to an activating group) is 2. The van der Waals surface area contributed by atoms with Crippen molar-refractivity contribution < 1.29 is 9.59 Å². The Labute approximate surface area is 140 Å². The predicted molar refractivity (Wildman–Crippen MR) is 89.3 cm³/mol. The molecule has 0 radical (unpaired) electrons. The van der Waals surface area contributed by atoms with Gasteiger partial charge in [-0.1, -0.05) is 28.1 Å². The van der Waals surface area contributed by atoms with E-state index < -0.39 is 0 Å². The van der Waals surface area contributed by atoms with E-state index in [0.717, 1.165) is 16.6 Å². The van der Waals surface area contributed by atoms with Gasteiger partial charge in [-0.3, -0.25) is 14.5 Å². The van der Waals surface area contributed by atoms with Crippen molar-refractivity contribution in [2.45, 2.75) is 13.5 Å². The van der Waals surface area contributed by atoms with Crippen LogP contribution in [0.5, 0.6) is 0 Å². The average molecular weight is 368 g/mol. The molecule has 22 heavy (non-hydrogen) atoms. The van der Waals surface area contributed by atoms with E-state index >= 15 is 0 Å². The molecule has 0 N–H and O–H groups in total. The molecule has 0 aromatic heterocycles. The Morgan fingerprint density at radius 1 is 1.27 bits per heavy atom. The maximum atomic E-state index is 12.5. The zero-order valence-corrected chi connectivity index (χ0v) is 14.7. The van der Waals surface area contributed by atoms with Gasteiger partial charge >= 0.3 is 0 Å². The van der Waals surface area contributed by atoms with Crippen molar-refractivity contribution in [3.05, 3.63) is 34.3 Å². The van der Waals surface area contributed by atoms with E-state index in [1.54, 1.807) is 11.9 Å². The molecule has 1 heterocycles. The Morgan fingerprint density at radius 3 is 2.55 bits per heavy atom. The van der Waals surface area contributed by atoms with Crippen LogP contribution in [0.1, 0.15) is 12.5 Å². The van der Waals surface area contributed by atoms with Gasteiger partial charge in [-0.05, 0) is 24.6 Å². The second kappa shape index (κ2) is 7.74. The second-order valence-corrected chi connectivity index (χ2v) is 6.48. The van der Waals surface area contributed by atoms with Crippen molar-refractivity contribution in [3.8, 4) is 0 Å². The third-order valence-corrected chi connectivity index (χ3v) is 4.44. The Kier molecular flexibility index (Phi) is 5.97. The van der Waals surface area contributed by atoms with E-state index in [2.05, 4.69) is 15.9 Å². The zero-order chi connectivity index (χ0) is 16.1. The maximum Gasteiger partial charge on any atom is 0.237 e. The van der Waals surface area contributed by atoms with Crippen LogP contribution < -0.4 is 0 Å². The number of halogens is 1. The molecule has 1 fully saturated rings. The van der Waals surface area contributed by atoms with E-state index in [-0.39, 0.29) is 11.8 Å². The third-order valence-electron chi connectivity index (χ3n) is 3.92. The lowest BCUT2D eigenvalue weighted by molar-refractivity contribution is -0.138. The summed E-state index contributed by atoms with van der Waals surface area (Å²) in [4.78, 5) is 29.6. The summed E-state index contributed by atoms with van der Waals surface area (Å²) < 4.78 is 1.03. The number of carbonyl (C=O) groups is 2. The van der Waals surface area contributed by atoms with Crippen molar-refractivity contribution in [1.29, 1.82) is 0 Å². The first-order valence-corrected chi connectivity index (χ1v) is 8.27. The van der Waals surface area contributed by atoms with E-state index in [1.165, 1.54) is 0 Å². The summed E-state index contributed by atoms with van der Waals surface area (Å²) in [6.45, 7) is 5.32. The van der Waals surface area contributed by atoms with Gasteiger partial charge in [0.2, 0.25) is 11.8 Å². The summed E-state index contributed by atoms with van der Waals surface area (Å²) >= 11 is 3.41. The van der Waals surface area contributed by atoms with Crippen molar-refractivity contribution >= 4 is 27.7 Å². The minimum Gasteiger partial charge on any atom is -0.343 e. The van der Waals surface area contributed by atoms with Crippen LogP contribution in [-0.2, 0) is 16.1 Å². The molecule has 120 valence electrons. The molecular weight excluding hydrogens is 346 g/mol. The predicted octanol–water partition coefficient (Wildman–Crippen LogP) is 1.57. The number of hydrogen-bond donors (Lipinski definition) is 0. The van der Waals surface area contributed by atoms with Crippen LogP contribution in [0.15, 0.2) is 28.7 Å². The highest BCUT2D eigenvalue weighted by molar-refractivity contribution is 9.10. The fourth-order valence-electron chi connectivity index (χ4n) is 2.42. The molecule has 1 aliphatic heterocycles. The Morgan fingerprint density at radius 2 is 1.95 bits per heavy atom. The molecular formula is C16H22BrN3O2. The normalized spacial score (nSPS) is 16.0. The summed E-state index contributed by atoms with van der Waals surface area (Å²) in [6, 6.07) is 7.98. The van der Waals surface area contributed by atoms with Crippen LogP contribution in [0, 0.1) is 0 Å². The van der Waals surface area contributed by atoms with Gasteiger partial charge in [0, 0.05) is 37.7 Å². The highest BCUT2D eigenvalue weighted by Crippen LogP contribution is 2.12. The van der Waals surface area contributed by atoms with Crippen molar-refractivity contribution in [2.24, 2.45) is 0 Å². The maximum absolute atomic E-state index is 12.5. The number of hydrogen-bond acceptors (Lipinski definition) is 3. The largest absolute Gasteiger partial charge is 0.343 e. The first-order valence-electron chi connectivity index (χ1n) is 7.48. The molecule has 6 heteroatoms. The number of amides is 2. The second-order valence-electron chi connectivity index (χ2n) is 5.56. The van der Waals surface area contributed by atoms with Gasteiger partial charge in [-0.2, -0.15) is 0 Å². The molecule has 0 spiro atoms. The third kappa shape index (κ3) is 4.55. The minimum absolute atomic E-state index is 0.0720. The van der Waals surface area contributed by atoms with Crippen LogP contribution in [0.2, 0.25) is 0 Å². The van der Waals surface area contributed by atoms with Crippen LogP contribution in [-0.4, -0.2) is 66.3 Å². The first-order chi connectivity index (χ1) is 10.5. The van der Waals surface area contributed by atoms with Gasteiger partial charge < -0.3 is 9.80 Å². The van der Waals surface area contributed by atoms with E-state index in [4.69, 9.17) is 0 Å². The standard InChI is InChI=1S/C16H22BrN3O2/c1-3-20(10-13-4-6-14(17)7-5-13)16(22)12-19-9-8-18(2)15(21)11-19/h4-7H,3,8-12H2,1-2H3. The molecule has 0 atom stereocenters. The Bertz CT molecular complexity index is 533. The van der Waals surface area contributed by atoms with Crippen LogP contribution in [0.3, 0.4) is 0 Å². The lowest BCUT2D eigenvalue weighted by Gasteiger charge is -2.33. The Hall–Kier alpha value is -1.40. The van der Waals surface area contributed by atoms with Crippen LogP contribution >= 0.6 is 15.9 Å². The van der Waals surface area contributed by atoms with Gasteiger partial charge in [0.05, 0.1) is 13.1 Å². The summed E-state index contributed by atoms with van der Waals surface area (Å²) in [5, 5.41) is 0. The number of benzene rings is 1. The van der Waals surface area contributed by atoms with Gasteiger partial charge in [-0.15, -0.1) is 0 Å². The van der Waals surface area contributed by atoms with Crippen LogP contribution in [0.25, 0.3) is 0 Å². The van der Waals surface area contributed by atoms with E-state index in [0.29, 0.717) is 32.7 Å². The highest BCUT2D eigenvalue weighted by Gasteiger charge is 2.24. The summed E-state index contributed by atoms with van der Waals surface area (Å²) in [5.74, 6) is 0.151. The van der Waals surface area contributed by atoms with E-state index in [9.17, 15) is 9.59 Å². The fraction of sp³-hybridized carbons (Fsp3) is 0.500. The number of piperazine rings is 1. The zero-order valence-electron chi connectivity index (χ0n) is 13.1. The van der Waals surface area contributed by atoms with Gasteiger partial charge in [0.15, 0.2) is 0 Å². The molecule has 2 rings (SSSR count). The lowest BCUT2D eigenvalue weighted by Crippen LogP contribution is -2.51. The van der Waals surface area contributed by atoms with Crippen molar-refractivity contribution in [3.63, 3.8) is 0 Å². The minimum atomic E-state index is 0.0720. The lowest BCUT2D eigenvalue weighted by atomic mass is 10.2. The van der Waals surface area contributed by atoms with Crippen molar-refractivity contribution in [2.75, 3.05) is 39.8 Å². The molecule has 2 amide bonds. The summed E-state index contributed by atoms with van der Waals surface area (Å²) in [7, 11) is 1.80. The monoisotopic (exact) mass is 367 g/mol. The number of carbonyl (C=O) groups excluding carboxylic acids is 2. The van der Waals surface area contributed by atoms with Crippen molar-refractivity contribution in [1.82, 2.24) is 14.7 Å². The molecule has 1 aliphatic rings. The number of rotatable bonds is 5. The smallest absolute Gasteiger partial charge is 0.237 e. The van der Waals surface area contributed by atoms with Crippen LogP contribution in [0.4, 0.5) is 0 Å². The molecule has 1 aromatic rings. The molecule has 1 saturated heterocycles. The highest BCUT2D eigenvalue weighted by atomic mass is 79.9. The first kappa shape index (κ1) is 17.0. The summed E-state index contributed by atoms with van der Waals surface area (Å²) in [5.41, 5.74) is 1.10. The molecule has 1 aromatic carbocycles. The quantitative estimate of drug-likeness (QED) is 0.793. The Balaban J connectivity index is 1.91. The van der Waals surface area contributed by atoms with Gasteiger partial charge in [0.1, 0.15) is 0 Å². The molecule has 0 unspecified atom stereocenters. The fourth-order valence-corrected chi connectivity index (χ4v) is 2.68. The molecule has 0 bridgehead atoms. The molecule has 5 nitrogen and oxygen atoms in total. The van der Waals surface area contributed by atoms with E-state index in [1.807, 2.05) is 41.0 Å². The van der Waals surface area contributed by atoms with Gasteiger partial charge in [-0.25, -0.2) is 0 Å².